The lowest BCUT2D eigenvalue weighted by Gasteiger charge is -2.08. The Balaban J connectivity index is 2.05. The van der Waals surface area contributed by atoms with Gasteiger partial charge in [-0.05, 0) is 30.3 Å². The van der Waals surface area contributed by atoms with Gasteiger partial charge in [-0.1, -0.05) is 17.7 Å². The monoisotopic (exact) mass is 322 g/mol. The fourth-order valence-corrected chi connectivity index (χ4v) is 2.92. The number of nitrogens with zero attached hydrogens (tertiary/aromatic N) is 2. The molecule has 0 saturated carbocycles. The molecule has 0 aliphatic rings. The van der Waals surface area contributed by atoms with Crippen LogP contribution in [0.25, 0.3) is 0 Å². The van der Waals surface area contributed by atoms with E-state index in [1.807, 2.05) is 6.07 Å². The normalized spacial score (nSPS) is 10.9. The van der Waals surface area contributed by atoms with Crippen LogP contribution in [0.5, 0.6) is 5.75 Å². The quantitative estimate of drug-likeness (QED) is 0.790. The molecule has 2 rings (SSSR count). The molecule has 7 heteroatoms. The Morgan fingerprint density at radius 1 is 1.29 bits per heavy atom. The van der Waals surface area contributed by atoms with Crippen molar-refractivity contribution in [2.24, 2.45) is 0 Å². The number of nitriles is 1. The van der Waals surface area contributed by atoms with E-state index in [4.69, 9.17) is 21.6 Å². The molecule has 21 heavy (non-hydrogen) atoms. The first kappa shape index (κ1) is 15.3. The van der Waals surface area contributed by atoms with Gasteiger partial charge in [-0.3, -0.25) is 0 Å². The van der Waals surface area contributed by atoms with Crippen molar-refractivity contribution in [3.8, 4) is 11.8 Å². The maximum absolute atomic E-state index is 12.1. The zero-order chi connectivity index (χ0) is 15.3. The zero-order valence-corrected chi connectivity index (χ0v) is 12.4. The standard InChI is InChI=1S/C14H11ClN2O3S/c15-14-13(5-2-6-17-14)20-7-8-21(18,19)12-4-1-3-11(9-12)10-16/h1-6,9H,7-8H2. The first-order valence-corrected chi connectivity index (χ1v) is 8.02. The molecule has 0 spiro atoms. The Morgan fingerprint density at radius 3 is 2.81 bits per heavy atom. The fourth-order valence-electron chi connectivity index (χ4n) is 1.62. The summed E-state index contributed by atoms with van der Waals surface area (Å²) in [6.45, 7) is -0.0511. The van der Waals surface area contributed by atoms with Crippen LogP contribution in [0.15, 0.2) is 47.5 Å². The molecule has 1 aromatic heterocycles. The van der Waals surface area contributed by atoms with Gasteiger partial charge in [-0.15, -0.1) is 0 Å². The third kappa shape index (κ3) is 3.94. The number of halogens is 1. The number of aromatic nitrogens is 1. The summed E-state index contributed by atoms with van der Waals surface area (Å²) in [5.41, 5.74) is 0.298. The van der Waals surface area contributed by atoms with Crippen molar-refractivity contribution in [3.63, 3.8) is 0 Å². The van der Waals surface area contributed by atoms with E-state index in [1.165, 1.54) is 24.4 Å². The van der Waals surface area contributed by atoms with Crippen LogP contribution in [0.2, 0.25) is 5.15 Å². The molecule has 0 saturated heterocycles. The molecule has 2 aromatic rings. The summed E-state index contributed by atoms with van der Waals surface area (Å²) in [7, 11) is -3.52. The average Bonchev–Trinajstić information content (AvgIpc) is 2.49. The van der Waals surface area contributed by atoms with Crippen LogP contribution >= 0.6 is 11.6 Å². The summed E-state index contributed by atoms with van der Waals surface area (Å²) in [5.74, 6) is 0.118. The van der Waals surface area contributed by atoms with Crippen LogP contribution in [-0.4, -0.2) is 25.8 Å². The van der Waals surface area contributed by atoms with Crippen molar-refractivity contribution in [1.29, 1.82) is 5.26 Å². The maximum atomic E-state index is 12.1. The largest absolute Gasteiger partial charge is 0.489 e. The van der Waals surface area contributed by atoms with E-state index in [0.29, 0.717) is 11.3 Å². The highest BCUT2D eigenvalue weighted by molar-refractivity contribution is 7.91. The predicted octanol–water partition coefficient (Wildman–Crippen LogP) is 2.46. The Hall–Kier alpha value is -2.10. The molecular formula is C14H11ClN2O3S. The van der Waals surface area contributed by atoms with Crippen LogP contribution in [0.4, 0.5) is 0 Å². The number of hydrogen-bond donors (Lipinski definition) is 0. The van der Waals surface area contributed by atoms with E-state index < -0.39 is 9.84 Å². The van der Waals surface area contributed by atoms with Gasteiger partial charge in [0, 0.05) is 6.20 Å². The minimum absolute atomic E-state index is 0.0511. The van der Waals surface area contributed by atoms with Gasteiger partial charge in [0.25, 0.3) is 0 Å². The third-order valence-corrected chi connectivity index (χ3v) is 4.62. The fraction of sp³-hybridized carbons (Fsp3) is 0.143. The number of pyridine rings is 1. The second-order valence-corrected chi connectivity index (χ2v) is 6.57. The van der Waals surface area contributed by atoms with Crippen molar-refractivity contribution >= 4 is 21.4 Å². The van der Waals surface area contributed by atoms with Gasteiger partial charge < -0.3 is 4.74 Å². The van der Waals surface area contributed by atoms with Crippen LogP contribution < -0.4 is 4.74 Å². The van der Waals surface area contributed by atoms with Crippen molar-refractivity contribution in [3.05, 3.63) is 53.3 Å². The van der Waals surface area contributed by atoms with Crippen molar-refractivity contribution in [1.82, 2.24) is 4.98 Å². The summed E-state index contributed by atoms with van der Waals surface area (Å²) < 4.78 is 29.6. The van der Waals surface area contributed by atoms with Crippen LogP contribution in [-0.2, 0) is 9.84 Å². The molecule has 0 aliphatic carbocycles. The SMILES string of the molecule is N#Cc1cccc(S(=O)(=O)CCOc2cccnc2Cl)c1. The Kier molecular flexibility index (Phi) is 4.78. The molecule has 1 aromatic carbocycles. The van der Waals surface area contributed by atoms with Gasteiger partial charge in [-0.2, -0.15) is 5.26 Å². The summed E-state index contributed by atoms with van der Waals surface area (Å²) in [4.78, 5) is 3.93. The van der Waals surface area contributed by atoms with Crippen molar-refractivity contribution in [2.75, 3.05) is 12.4 Å². The maximum Gasteiger partial charge on any atom is 0.181 e. The minimum atomic E-state index is -3.52. The van der Waals surface area contributed by atoms with Gasteiger partial charge in [0.15, 0.2) is 20.7 Å². The predicted molar refractivity (Wildman–Crippen MR) is 78.0 cm³/mol. The number of sulfone groups is 1. The number of ether oxygens (including phenoxy) is 1. The van der Waals surface area contributed by atoms with Crippen molar-refractivity contribution < 1.29 is 13.2 Å². The van der Waals surface area contributed by atoms with E-state index in [9.17, 15) is 8.42 Å². The summed E-state index contributed by atoms with van der Waals surface area (Å²) in [5, 5.41) is 8.97. The summed E-state index contributed by atoms with van der Waals surface area (Å²) >= 11 is 5.81. The number of benzene rings is 1. The summed E-state index contributed by atoms with van der Waals surface area (Å²) in [6.07, 6.45) is 1.51. The molecule has 0 bridgehead atoms. The molecule has 0 atom stereocenters. The van der Waals surface area contributed by atoms with E-state index >= 15 is 0 Å². The smallest absolute Gasteiger partial charge is 0.181 e. The van der Waals surface area contributed by atoms with Gasteiger partial charge in [0.05, 0.1) is 22.3 Å². The average molecular weight is 323 g/mol. The molecule has 0 amide bonds. The third-order valence-electron chi connectivity index (χ3n) is 2.66. The lowest BCUT2D eigenvalue weighted by molar-refractivity contribution is 0.339. The lowest BCUT2D eigenvalue weighted by Crippen LogP contribution is -2.14. The van der Waals surface area contributed by atoms with Gasteiger partial charge in [0.2, 0.25) is 0 Å². The van der Waals surface area contributed by atoms with Crippen molar-refractivity contribution in [2.45, 2.75) is 4.90 Å². The Labute approximate surface area is 127 Å². The Morgan fingerprint density at radius 2 is 2.10 bits per heavy atom. The molecule has 108 valence electrons. The molecule has 0 fully saturated rings. The molecule has 0 N–H and O–H groups in total. The second kappa shape index (κ2) is 6.57. The first-order chi connectivity index (χ1) is 10.0. The van der Waals surface area contributed by atoms with E-state index in [0.717, 1.165) is 0 Å². The highest BCUT2D eigenvalue weighted by atomic mass is 35.5. The zero-order valence-electron chi connectivity index (χ0n) is 10.9. The van der Waals surface area contributed by atoms with E-state index in [2.05, 4.69) is 4.98 Å². The molecule has 0 radical (unpaired) electrons. The van der Waals surface area contributed by atoms with Crippen LogP contribution in [0.1, 0.15) is 5.56 Å². The molecular weight excluding hydrogens is 312 g/mol. The first-order valence-electron chi connectivity index (χ1n) is 5.99. The lowest BCUT2D eigenvalue weighted by atomic mass is 10.2. The minimum Gasteiger partial charge on any atom is -0.489 e. The molecule has 1 heterocycles. The van der Waals surface area contributed by atoms with Gasteiger partial charge >= 0.3 is 0 Å². The topological polar surface area (TPSA) is 80.0 Å². The van der Waals surface area contributed by atoms with Crippen LogP contribution in [0.3, 0.4) is 0 Å². The Bertz CT molecular complexity index is 785. The highest BCUT2D eigenvalue weighted by Gasteiger charge is 2.15. The number of rotatable bonds is 5. The van der Waals surface area contributed by atoms with E-state index in [1.54, 1.807) is 18.2 Å². The second-order valence-electron chi connectivity index (χ2n) is 4.10. The molecule has 0 unspecified atom stereocenters. The number of hydrogen-bond acceptors (Lipinski definition) is 5. The van der Waals surface area contributed by atoms with Crippen LogP contribution in [0, 0.1) is 11.3 Å². The van der Waals surface area contributed by atoms with E-state index in [-0.39, 0.29) is 22.4 Å². The molecule has 5 nitrogen and oxygen atoms in total. The highest BCUT2D eigenvalue weighted by Crippen LogP contribution is 2.20. The van der Waals surface area contributed by atoms with Gasteiger partial charge in [0.1, 0.15) is 6.61 Å². The molecule has 0 aliphatic heterocycles. The summed E-state index contributed by atoms with van der Waals surface area (Å²) in [6, 6.07) is 11.0. The van der Waals surface area contributed by atoms with Gasteiger partial charge in [-0.25, -0.2) is 13.4 Å².